The number of anilines is 3. The van der Waals surface area contributed by atoms with Crippen LogP contribution in [0.2, 0.25) is 19.6 Å². The Morgan fingerprint density at radius 3 is 1.89 bits per heavy atom. The summed E-state index contributed by atoms with van der Waals surface area (Å²) >= 11 is 0. The van der Waals surface area contributed by atoms with Crippen LogP contribution in [0.25, 0.3) is 71.3 Å². The molecule has 0 N–H and O–H groups in total. The molecule has 9 aromatic rings. The van der Waals surface area contributed by atoms with Crippen molar-refractivity contribution < 1.29 is 8.78 Å². The van der Waals surface area contributed by atoms with Crippen molar-refractivity contribution in [2.45, 2.75) is 71.0 Å². The summed E-state index contributed by atoms with van der Waals surface area (Å²) in [6, 6.07) is 47.4. The number of halogens is 2. The Bertz CT molecular complexity index is 3560. The van der Waals surface area contributed by atoms with Crippen molar-refractivity contribution in [3.8, 4) is 22.3 Å². The first kappa shape index (κ1) is 39.1. The normalized spacial score (nSPS) is 15.7. The molecule has 1 heterocycles. The highest BCUT2D eigenvalue weighted by atomic mass is 28.3. The summed E-state index contributed by atoms with van der Waals surface area (Å²) < 4.78 is 31.6. The monoisotopic (exact) mass is 852 g/mol. The standard InChI is InChI=1S/C59H50F2N2Si/c1-58(2)50-32-43(19-22-46(50)47-23-21-45(34-51(47)58)64(5,6)7)62(42-20-24-55-49(31-42)48-15-11-12-16-54(48)63(55)41-13-9-8-10-14-41)44-28-36-18-17-35-25-37(38-26-39(60)30-40(61)27-38)29-52-56(35)57(36)53(33-44)59(52,3)4/h8-9,11-13,15-34H,10,14H2,1-7H3. The van der Waals surface area contributed by atoms with Crippen molar-refractivity contribution in [3.05, 3.63) is 186 Å². The molecule has 2 nitrogen and oxygen atoms in total. The molecular formula is C59H50F2N2Si. The van der Waals surface area contributed by atoms with Crippen LogP contribution in [0, 0.1) is 11.6 Å². The molecule has 3 aliphatic carbocycles. The number of hydrogen-bond acceptors (Lipinski definition) is 1. The van der Waals surface area contributed by atoms with Gasteiger partial charge in [-0.2, -0.15) is 0 Å². The van der Waals surface area contributed by atoms with Crippen molar-refractivity contribution in [2.24, 2.45) is 0 Å². The van der Waals surface area contributed by atoms with Crippen molar-refractivity contribution in [1.82, 2.24) is 4.57 Å². The van der Waals surface area contributed by atoms with Gasteiger partial charge >= 0.3 is 0 Å². The van der Waals surface area contributed by atoms with E-state index in [1.807, 2.05) is 0 Å². The lowest BCUT2D eigenvalue weighted by molar-refractivity contribution is 0.584. The van der Waals surface area contributed by atoms with E-state index in [4.69, 9.17) is 0 Å². The molecule has 8 aromatic carbocycles. The molecule has 0 radical (unpaired) electrons. The van der Waals surface area contributed by atoms with Gasteiger partial charge in [-0.1, -0.05) is 119 Å². The van der Waals surface area contributed by atoms with Gasteiger partial charge < -0.3 is 9.47 Å². The van der Waals surface area contributed by atoms with E-state index in [0.29, 0.717) is 5.56 Å². The number of fused-ring (bicyclic) bond motifs is 6. The lowest BCUT2D eigenvalue weighted by Gasteiger charge is -2.30. The second-order valence-corrected chi connectivity index (χ2v) is 25.5. The Balaban J connectivity index is 1.08. The Morgan fingerprint density at radius 2 is 1.16 bits per heavy atom. The summed E-state index contributed by atoms with van der Waals surface area (Å²) in [7, 11) is -1.54. The van der Waals surface area contributed by atoms with Crippen LogP contribution in [0.3, 0.4) is 0 Å². The molecule has 3 aliphatic rings. The van der Waals surface area contributed by atoms with Crippen molar-refractivity contribution in [2.75, 3.05) is 4.90 Å². The summed E-state index contributed by atoms with van der Waals surface area (Å²) in [6.07, 6.45) is 8.73. The number of hydrogen-bond donors (Lipinski definition) is 0. The number of para-hydroxylation sites is 1. The van der Waals surface area contributed by atoms with Crippen molar-refractivity contribution >= 4 is 79.4 Å². The van der Waals surface area contributed by atoms with Gasteiger partial charge in [-0.25, -0.2) is 8.78 Å². The molecule has 5 heteroatoms. The summed E-state index contributed by atoms with van der Waals surface area (Å²) in [5.74, 6) is -1.15. The van der Waals surface area contributed by atoms with Gasteiger partial charge in [0, 0.05) is 50.4 Å². The molecule has 0 saturated heterocycles. The zero-order valence-electron chi connectivity index (χ0n) is 37.5. The van der Waals surface area contributed by atoms with Crippen LogP contribution in [-0.4, -0.2) is 12.6 Å². The van der Waals surface area contributed by atoms with Gasteiger partial charge in [0.15, 0.2) is 0 Å². The highest BCUT2D eigenvalue weighted by molar-refractivity contribution is 6.88. The smallest absolute Gasteiger partial charge is 0.126 e. The molecule has 64 heavy (non-hydrogen) atoms. The third-order valence-electron chi connectivity index (χ3n) is 14.8. The molecule has 0 amide bonds. The summed E-state index contributed by atoms with van der Waals surface area (Å²) in [5.41, 5.74) is 15.6. The lowest BCUT2D eigenvalue weighted by atomic mass is 9.80. The molecule has 0 fully saturated rings. The minimum atomic E-state index is -1.54. The average molecular weight is 853 g/mol. The molecule has 0 saturated carbocycles. The maximum Gasteiger partial charge on any atom is 0.126 e. The number of allylic oxidation sites excluding steroid dienone is 4. The van der Waals surface area contributed by atoms with Gasteiger partial charge in [0.1, 0.15) is 11.6 Å². The number of rotatable bonds is 6. The minimum Gasteiger partial charge on any atom is -0.313 e. The highest BCUT2D eigenvalue weighted by Gasteiger charge is 2.39. The van der Waals surface area contributed by atoms with E-state index >= 15 is 0 Å². The zero-order valence-corrected chi connectivity index (χ0v) is 38.5. The molecule has 1 aromatic heterocycles. The Labute approximate surface area is 374 Å². The molecule has 0 unspecified atom stereocenters. The van der Waals surface area contributed by atoms with E-state index in [0.717, 1.165) is 46.9 Å². The summed E-state index contributed by atoms with van der Waals surface area (Å²) in [6.45, 7) is 16.7. The fraction of sp³-hybridized carbons (Fsp3) is 0.186. The number of aromatic nitrogens is 1. The van der Waals surface area contributed by atoms with Crippen LogP contribution in [0.4, 0.5) is 25.8 Å². The van der Waals surface area contributed by atoms with Gasteiger partial charge in [0.25, 0.3) is 0 Å². The summed E-state index contributed by atoms with van der Waals surface area (Å²) in [4.78, 5) is 2.47. The van der Waals surface area contributed by atoms with Crippen LogP contribution < -0.4 is 10.1 Å². The first-order valence-electron chi connectivity index (χ1n) is 22.7. The van der Waals surface area contributed by atoms with Crippen LogP contribution in [0.15, 0.2) is 152 Å². The van der Waals surface area contributed by atoms with Crippen molar-refractivity contribution in [3.63, 3.8) is 0 Å². The van der Waals surface area contributed by atoms with Gasteiger partial charge in [0.2, 0.25) is 0 Å². The highest BCUT2D eigenvalue weighted by Crippen LogP contribution is 2.54. The molecule has 12 rings (SSSR count). The second-order valence-electron chi connectivity index (χ2n) is 20.4. The molecule has 0 spiro atoms. The third-order valence-corrected chi connectivity index (χ3v) is 16.8. The largest absolute Gasteiger partial charge is 0.313 e. The van der Waals surface area contributed by atoms with Gasteiger partial charge in [0.05, 0.1) is 19.1 Å². The third kappa shape index (κ3) is 5.66. The SMILES string of the molecule is CC1(C)c2cc(N(c3cc4c5c(ccc6cc(-c7cc(F)cc(F)c7)cc(c65)C4(C)C)c3)c3ccc4c(c3)c3ccccc3n4C3=CC=CCC3)ccc2-c2ccc([Si](C)(C)C)cc21. The average Bonchev–Trinajstić information content (AvgIpc) is 3.82. The molecule has 0 aliphatic heterocycles. The van der Waals surface area contributed by atoms with Crippen LogP contribution in [0.1, 0.15) is 62.8 Å². The first-order chi connectivity index (χ1) is 30.7. The van der Waals surface area contributed by atoms with Gasteiger partial charge in [-0.05, 0) is 158 Å². The van der Waals surface area contributed by atoms with E-state index in [1.54, 1.807) is 0 Å². The van der Waals surface area contributed by atoms with E-state index in [9.17, 15) is 8.78 Å². The minimum absolute atomic E-state index is 0.184. The van der Waals surface area contributed by atoms with E-state index in [1.165, 1.54) is 94.4 Å². The van der Waals surface area contributed by atoms with E-state index in [2.05, 4.69) is 190 Å². The van der Waals surface area contributed by atoms with Crippen LogP contribution >= 0.6 is 0 Å². The van der Waals surface area contributed by atoms with E-state index in [-0.39, 0.29) is 10.8 Å². The fourth-order valence-electron chi connectivity index (χ4n) is 11.4. The number of nitrogens with zero attached hydrogens (tertiary/aromatic N) is 2. The summed E-state index contributed by atoms with van der Waals surface area (Å²) in [5, 5.41) is 8.66. The number of benzene rings is 8. The fourth-order valence-corrected chi connectivity index (χ4v) is 12.6. The van der Waals surface area contributed by atoms with Gasteiger partial charge in [-0.15, -0.1) is 0 Å². The lowest BCUT2D eigenvalue weighted by Crippen LogP contribution is -2.38. The predicted octanol–water partition coefficient (Wildman–Crippen LogP) is 16.2. The quantitative estimate of drug-likeness (QED) is 0.120. The zero-order chi connectivity index (χ0) is 44.0. The Morgan fingerprint density at radius 1 is 0.547 bits per heavy atom. The molecule has 0 bridgehead atoms. The first-order valence-corrected chi connectivity index (χ1v) is 26.2. The Hall–Kier alpha value is -6.56. The maximum absolute atomic E-state index is 14.6. The molecular weight excluding hydrogens is 803 g/mol. The second kappa shape index (κ2) is 13.5. The predicted molar refractivity (Wildman–Crippen MR) is 270 cm³/mol. The maximum atomic E-state index is 14.6. The topological polar surface area (TPSA) is 8.17 Å². The van der Waals surface area contributed by atoms with Gasteiger partial charge in [-0.3, -0.25) is 0 Å². The van der Waals surface area contributed by atoms with Crippen LogP contribution in [0.5, 0.6) is 0 Å². The molecule has 314 valence electrons. The molecule has 0 atom stereocenters. The van der Waals surface area contributed by atoms with E-state index < -0.39 is 19.7 Å². The van der Waals surface area contributed by atoms with Crippen molar-refractivity contribution in [1.29, 1.82) is 0 Å². The van der Waals surface area contributed by atoms with Crippen LogP contribution in [-0.2, 0) is 10.8 Å². The Kier molecular flexibility index (Phi) is 8.23.